The average molecular weight is 383 g/mol. The Balaban J connectivity index is 1.53. The second kappa shape index (κ2) is 7.48. The van der Waals surface area contributed by atoms with Crippen molar-refractivity contribution in [3.63, 3.8) is 0 Å². The molecular formula is C21H25N3O4. The number of nitrogens with one attached hydrogen (secondary N) is 1. The second-order valence-corrected chi connectivity index (χ2v) is 7.66. The van der Waals surface area contributed by atoms with E-state index < -0.39 is 11.5 Å². The number of benzene rings is 1. The molecule has 148 valence electrons. The molecule has 2 fully saturated rings. The first kappa shape index (κ1) is 18.8. The van der Waals surface area contributed by atoms with Gasteiger partial charge in [-0.1, -0.05) is 38.1 Å². The zero-order valence-corrected chi connectivity index (χ0v) is 16.2. The molecule has 1 amide bonds. The van der Waals surface area contributed by atoms with Crippen molar-refractivity contribution in [2.24, 2.45) is 0 Å². The van der Waals surface area contributed by atoms with Gasteiger partial charge in [0.05, 0.1) is 18.9 Å². The van der Waals surface area contributed by atoms with Crippen molar-refractivity contribution in [1.82, 2.24) is 14.9 Å². The molecule has 0 radical (unpaired) electrons. The summed E-state index contributed by atoms with van der Waals surface area (Å²) in [6.45, 7) is 6.52. The third kappa shape index (κ3) is 3.72. The Hall–Kier alpha value is -2.51. The number of H-pyrrole nitrogens is 1. The number of piperidine rings is 1. The van der Waals surface area contributed by atoms with Gasteiger partial charge in [-0.15, -0.1) is 0 Å². The Kier molecular flexibility index (Phi) is 5.03. The first-order chi connectivity index (χ1) is 13.5. The van der Waals surface area contributed by atoms with E-state index in [1.54, 1.807) is 11.0 Å². The van der Waals surface area contributed by atoms with Gasteiger partial charge in [0, 0.05) is 31.5 Å². The lowest BCUT2D eigenvalue weighted by Crippen LogP contribution is -2.47. The predicted molar refractivity (Wildman–Crippen MR) is 104 cm³/mol. The van der Waals surface area contributed by atoms with Crippen LogP contribution in [-0.4, -0.2) is 52.9 Å². The Labute approximate surface area is 163 Å². The number of likely N-dealkylation sites (tertiary alicyclic amines) is 1. The van der Waals surface area contributed by atoms with Gasteiger partial charge in [0.2, 0.25) is 0 Å². The summed E-state index contributed by atoms with van der Waals surface area (Å²) in [4.78, 5) is 33.4. The predicted octanol–water partition coefficient (Wildman–Crippen LogP) is 2.54. The highest BCUT2D eigenvalue weighted by molar-refractivity contribution is 5.93. The van der Waals surface area contributed by atoms with Crippen molar-refractivity contribution in [2.75, 3.05) is 26.3 Å². The molecule has 0 saturated carbocycles. The maximum absolute atomic E-state index is 12.9. The molecule has 0 unspecified atom stereocenters. The molecular weight excluding hydrogens is 358 g/mol. The first-order valence-electron chi connectivity index (χ1n) is 9.75. The molecule has 7 nitrogen and oxygen atoms in total. The second-order valence-electron chi connectivity index (χ2n) is 7.66. The normalized spacial score (nSPS) is 18.8. The largest absolute Gasteiger partial charge is 0.347 e. The number of hydrogen-bond donors (Lipinski definition) is 1. The molecule has 1 N–H and O–H groups in total. The van der Waals surface area contributed by atoms with Crippen LogP contribution in [0.25, 0.3) is 11.3 Å². The van der Waals surface area contributed by atoms with Crippen molar-refractivity contribution in [3.05, 3.63) is 52.1 Å². The van der Waals surface area contributed by atoms with Crippen LogP contribution >= 0.6 is 0 Å². The smallest absolute Gasteiger partial charge is 0.346 e. The monoisotopic (exact) mass is 383 g/mol. The summed E-state index contributed by atoms with van der Waals surface area (Å²) >= 11 is 0. The lowest BCUT2D eigenvalue weighted by atomic mass is 10.0. The van der Waals surface area contributed by atoms with E-state index >= 15 is 0 Å². The number of aromatic nitrogens is 2. The average Bonchev–Trinajstić information content (AvgIpc) is 3.15. The highest BCUT2D eigenvalue weighted by Crippen LogP contribution is 2.31. The number of carbonyl (C=O) groups is 1. The molecule has 28 heavy (non-hydrogen) atoms. The van der Waals surface area contributed by atoms with E-state index in [0.29, 0.717) is 50.8 Å². The van der Waals surface area contributed by atoms with E-state index in [-0.39, 0.29) is 11.6 Å². The van der Waals surface area contributed by atoms with Crippen LogP contribution in [0.1, 0.15) is 48.7 Å². The minimum absolute atomic E-state index is 0.201. The number of amides is 1. The molecule has 0 bridgehead atoms. The maximum atomic E-state index is 12.9. The van der Waals surface area contributed by atoms with Crippen molar-refractivity contribution in [3.8, 4) is 11.3 Å². The zero-order chi connectivity index (χ0) is 19.7. The summed E-state index contributed by atoms with van der Waals surface area (Å²) in [6, 6.07) is 9.57. The van der Waals surface area contributed by atoms with Crippen LogP contribution in [0.4, 0.5) is 0 Å². The standard InChI is InChI=1S/C21H25N3O4/c1-14(2)15-3-5-16(6-4-15)17-13-18(23-20(26)22-17)19(25)24-9-7-21(8-10-24)27-11-12-28-21/h3-6,13-14H,7-12H2,1-2H3,(H,22,23,26). The molecule has 0 atom stereocenters. The number of nitrogens with zero attached hydrogens (tertiary/aromatic N) is 2. The zero-order valence-electron chi connectivity index (χ0n) is 16.2. The highest BCUT2D eigenvalue weighted by atomic mass is 16.7. The van der Waals surface area contributed by atoms with Crippen LogP contribution < -0.4 is 5.69 Å². The van der Waals surface area contributed by atoms with Crippen LogP contribution in [0, 0.1) is 0 Å². The number of aromatic amines is 1. The summed E-state index contributed by atoms with van der Waals surface area (Å²) in [5.41, 5.74) is 2.26. The molecule has 4 rings (SSSR count). The van der Waals surface area contributed by atoms with Crippen LogP contribution in [0.2, 0.25) is 0 Å². The Morgan fingerprint density at radius 2 is 1.79 bits per heavy atom. The van der Waals surface area contributed by atoms with Crippen molar-refractivity contribution in [2.45, 2.75) is 38.4 Å². The van der Waals surface area contributed by atoms with Crippen molar-refractivity contribution >= 4 is 5.91 Å². The van der Waals surface area contributed by atoms with E-state index in [2.05, 4.69) is 23.8 Å². The van der Waals surface area contributed by atoms with Gasteiger partial charge in [-0.25, -0.2) is 4.79 Å². The molecule has 1 aromatic carbocycles. The van der Waals surface area contributed by atoms with Gasteiger partial charge < -0.3 is 19.4 Å². The quantitative estimate of drug-likeness (QED) is 0.880. The molecule has 1 spiro atoms. The van der Waals surface area contributed by atoms with Gasteiger partial charge in [-0.05, 0) is 17.5 Å². The van der Waals surface area contributed by atoms with Crippen molar-refractivity contribution in [1.29, 1.82) is 0 Å². The number of ether oxygens (including phenoxy) is 2. The molecule has 2 saturated heterocycles. The molecule has 2 aromatic rings. The third-order valence-corrected chi connectivity index (χ3v) is 5.47. The molecule has 0 aliphatic carbocycles. The highest BCUT2D eigenvalue weighted by Gasteiger charge is 2.41. The lowest BCUT2D eigenvalue weighted by Gasteiger charge is -2.37. The van der Waals surface area contributed by atoms with Crippen molar-refractivity contribution < 1.29 is 14.3 Å². The number of carbonyl (C=O) groups excluding carboxylic acids is 1. The van der Waals surface area contributed by atoms with E-state index in [4.69, 9.17) is 9.47 Å². The van der Waals surface area contributed by atoms with Gasteiger partial charge in [-0.2, -0.15) is 4.98 Å². The summed E-state index contributed by atoms with van der Waals surface area (Å²) in [7, 11) is 0. The van der Waals surface area contributed by atoms with Gasteiger partial charge in [0.15, 0.2) is 5.79 Å². The number of rotatable bonds is 3. The first-order valence-corrected chi connectivity index (χ1v) is 9.75. The topological polar surface area (TPSA) is 84.5 Å². The van der Waals surface area contributed by atoms with E-state index in [9.17, 15) is 9.59 Å². The fourth-order valence-corrected chi connectivity index (χ4v) is 3.77. The van der Waals surface area contributed by atoms with Crippen LogP contribution in [0.15, 0.2) is 35.1 Å². The summed E-state index contributed by atoms with van der Waals surface area (Å²) in [6.07, 6.45) is 1.27. The fraction of sp³-hybridized carbons (Fsp3) is 0.476. The van der Waals surface area contributed by atoms with E-state index in [1.165, 1.54) is 5.56 Å². The van der Waals surface area contributed by atoms with Crippen LogP contribution in [-0.2, 0) is 9.47 Å². The van der Waals surface area contributed by atoms with Gasteiger partial charge in [0.1, 0.15) is 5.69 Å². The molecule has 7 heteroatoms. The maximum Gasteiger partial charge on any atom is 0.346 e. The Bertz CT molecular complexity index is 904. The molecule has 2 aliphatic rings. The van der Waals surface area contributed by atoms with Gasteiger partial charge >= 0.3 is 5.69 Å². The number of hydrogen-bond acceptors (Lipinski definition) is 5. The SMILES string of the molecule is CC(C)c1ccc(-c2cc(C(=O)N3CCC4(CC3)OCCO4)[nH]c(=O)n2)cc1. The van der Waals surface area contributed by atoms with E-state index in [1.807, 2.05) is 24.3 Å². The minimum Gasteiger partial charge on any atom is -0.347 e. The summed E-state index contributed by atoms with van der Waals surface area (Å²) in [5.74, 6) is -0.313. The minimum atomic E-state index is -0.536. The van der Waals surface area contributed by atoms with Crippen LogP contribution in [0.5, 0.6) is 0 Å². The summed E-state index contributed by atoms with van der Waals surface area (Å²) in [5, 5.41) is 0. The Morgan fingerprint density at radius 1 is 1.14 bits per heavy atom. The van der Waals surface area contributed by atoms with Gasteiger partial charge in [0.25, 0.3) is 5.91 Å². The molecule has 1 aromatic heterocycles. The lowest BCUT2D eigenvalue weighted by molar-refractivity contribution is -0.181. The Morgan fingerprint density at radius 3 is 2.39 bits per heavy atom. The van der Waals surface area contributed by atoms with E-state index in [0.717, 1.165) is 5.56 Å². The summed E-state index contributed by atoms with van der Waals surface area (Å²) < 4.78 is 11.4. The molecule has 3 heterocycles. The molecule has 2 aliphatic heterocycles. The third-order valence-electron chi connectivity index (χ3n) is 5.47. The van der Waals surface area contributed by atoms with Gasteiger partial charge in [-0.3, -0.25) is 4.79 Å². The fourth-order valence-electron chi connectivity index (χ4n) is 3.77. The van der Waals surface area contributed by atoms with Crippen LogP contribution in [0.3, 0.4) is 0 Å².